The van der Waals surface area contributed by atoms with E-state index in [0.717, 1.165) is 10.6 Å². The highest BCUT2D eigenvalue weighted by Gasteiger charge is 2.21. The van der Waals surface area contributed by atoms with Crippen molar-refractivity contribution in [3.63, 3.8) is 0 Å². The molecule has 0 atom stereocenters. The third-order valence-corrected chi connectivity index (χ3v) is 2.78. The molecule has 0 aliphatic heterocycles. The Balaban J connectivity index is 2.77. The molecule has 0 saturated carbocycles. The molecule has 0 amide bonds. The highest BCUT2D eigenvalue weighted by molar-refractivity contribution is 5.92. The van der Waals surface area contributed by atoms with Gasteiger partial charge in [0.25, 0.3) is 0 Å². The van der Waals surface area contributed by atoms with Crippen LogP contribution in [0.2, 0.25) is 0 Å². The van der Waals surface area contributed by atoms with E-state index in [1.165, 1.54) is 13.2 Å². The number of nitrogens with zero attached hydrogens (tertiary/aromatic N) is 1. The van der Waals surface area contributed by atoms with Crippen molar-refractivity contribution in [3.8, 4) is 5.75 Å². The maximum Gasteiger partial charge on any atom is 0.418 e. The Hall–Kier alpha value is -2.11. The van der Waals surface area contributed by atoms with Gasteiger partial charge in [-0.1, -0.05) is 0 Å². The summed E-state index contributed by atoms with van der Waals surface area (Å²) in [5.41, 5.74) is 0.566. The van der Waals surface area contributed by atoms with Gasteiger partial charge in [0.2, 0.25) is 0 Å². The largest absolute Gasteiger partial charge is 0.488 e. The molecule has 0 radical (unpaired) electrons. The van der Waals surface area contributed by atoms with Crippen molar-refractivity contribution in [2.24, 2.45) is 0 Å². The van der Waals surface area contributed by atoms with Crippen LogP contribution in [0.25, 0.3) is 10.9 Å². The molecule has 0 spiro atoms. The maximum absolute atomic E-state index is 14.1. The van der Waals surface area contributed by atoms with E-state index < -0.39 is 23.5 Å². The molecular weight excluding hydrogens is 256 g/mol. The Kier molecular flexibility index (Phi) is 3.42. The zero-order valence-corrected chi connectivity index (χ0v) is 10.8. The first-order chi connectivity index (χ1) is 9.01. The Morgan fingerprint density at radius 1 is 1.37 bits per heavy atom. The van der Waals surface area contributed by atoms with E-state index in [2.05, 4.69) is 4.74 Å². The first-order valence-corrected chi connectivity index (χ1v) is 5.72. The Morgan fingerprint density at radius 2 is 2.05 bits per heavy atom. The van der Waals surface area contributed by atoms with Crippen LogP contribution >= 0.6 is 0 Å². The molecule has 19 heavy (non-hydrogen) atoms. The highest BCUT2D eigenvalue weighted by atomic mass is 19.1. The number of ether oxygens (including phenoxy) is 2. The number of halogens is 2. The number of carbonyl (C=O) groups excluding carboxylic acids is 1. The second-order valence-corrected chi connectivity index (χ2v) is 3.96. The molecule has 1 aromatic heterocycles. The lowest BCUT2D eigenvalue weighted by Gasteiger charge is -2.08. The number of hydrogen-bond donors (Lipinski definition) is 0. The molecule has 0 fully saturated rings. The average molecular weight is 269 g/mol. The molecule has 4 nitrogen and oxygen atoms in total. The number of methoxy groups -OCH3 is 1. The lowest BCUT2D eigenvalue weighted by molar-refractivity contribution is 0.173. The molecule has 1 heterocycles. The SMILES string of the molecule is CCOc1c(F)cc2c(cc(C)n2C(=O)OC)c1F. The third kappa shape index (κ3) is 2.03. The smallest absolute Gasteiger partial charge is 0.418 e. The van der Waals surface area contributed by atoms with E-state index >= 15 is 0 Å². The van der Waals surface area contributed by atoms with Gasteiger partial charge in [-0.25, -0.2) is 18.1 Å². The van der Waals surface area contributed by atoms with Crippen LogP contribution in [0.15, 0.2) is 12.1 Å². The summed E-state index contributed by atoms with van der Waals surface area (Å²) < 4.78 is 38.6. The fourth-order valence-electron chi connectivity index (χ4n) is 2.00. The second-order valence-electron chi connectivity index (χ2n) is 3.96. The van der Waals surface area contributed by atoms with E-state index in [1.807, 2.05) is 0 Å². The standard InChI is InChI=1S/C13H13F2NO3/c1-4-19-12-9(14)6-10-8(11(12)15)5-7(2)16(10)13(17)18-3/h5-6H,4H2,1-3H3. The number of aromatic nitrogens is 1. The molecule has 6 heteroatoms. The predicted octanol–water partition coefficient (Wildman–Crippen LogP) is 3.24. The average Bonchev–Trinajstić information content (AvgIpc) is 2.70. The van der Waals surface area contributed by atoms with E-state index in [9.17, 15) is 13.6 Å². The zero-order chi connectivity index (χ0) is 14.2. The molecule has 0 bridgehead atoms. The molecule has 102 valence electrons. The van der Waals surface area contributed by atoms with Gasteiger partial charge < -0.3 is 9.47 Å². The topological polar surface area (TPSA) is 40.5 Å². The molecule has 1 aromatic carbocycles. The first kappa shape index (κ1) is 13.3. The van der Waals surface area contributed by atoms with Gasteiger partial charge in [-0.05, 0) is 19.9 Å². The third-order valence-electron chi connectivity index (χ3n) is 2.78. The molecular formula is C13H13F2NO3. The number of hydrogen-bond acceptors (Lipinski definition) is 3. The van der Waals surface area contributed by atoms with Crippen molar-refractivity contribution in [2.75, 3.05) is 13.7 Å². The summed E-state index contributed by atoms with van der Waals surface area (Å²) in [4.78, 5) is 11.6. The van der Waals surface area contributed by atoms with Gasteiger partial charge in [0.05, 0.1) is 19.2 Å². The van der Waals surface area contributed by atoms with Crippen molar-refractivity contribution in [1.29, 1.82) is 0 Å². The summed E-state index contributed by atoms with van der Waals surface area (Å²) in [6.45, 7) is 3.39. The van der Waals surface area contributed by atoms with E-state index in [-0.39, 0.29) is 17.5 Å². The first-order valence-electron chi connectivity index (χ1n) is 5.72. The maximum atomic E-state index is 14.1. The predicted molar refractivity (Wildman–Crippen MR) is 65.6 cm³/mol. The molecule has 2 rings (SSSR count). The van der Waals surface area contributed by atoms with Crippen LogP contribution in [0.4, 0.5) is 13.6 Å². The summed E-state index contributed by atoms with van der Waals surface area (Å²) in [5, 5.41) is 0.118. The lowest BCUT2D eigenvalue weighted by Crippen LogP contribution is -2.12. The number of carbonyl (C=O) groups is 1. The fourth-order valence-corrected chi connectivity index (χ4v) is 2.00. The molecule has 0 aliphatic rings. The van der Waals surface area contributed by atoms with Crippen LogP contribution < -0.4 is 4.74 Å². The van der Waals surface area contributed by atoms with E-state index in [1.54, 1.807) is 13.8 Å². The molecule has 2 aromatic rings. The van der Waals surface area contributed by atoms with Crippen LogP contribution in [-0.4, -0.2) is 24.4 Å². The quantitative estimate of drug-likeness (QED) is 0.840. The minimum absolute atomic E-state index is 0.114. The van der Waals surface area contributed by atoms with Gasteiger partial charge in [-0.2, -0.15) is 0 Å². The minimum atomic E-state index is -0.852. The number of aryl methyl sites for hydroxylation is 1. The Bertz CT molecular complexity index is 649. The molecule has 0 unspecified atom stereocenters. The number of rotatable bonds is 2. The molecule has 0 saturated heterocycles. The lowest BCUT2D eigenvalue weighted by atomic mass is 10.2. The van der Waals surface area contributed by atoms with Crippen LogP contribution in [0.1, 0.15) is 12.6 Å². The Labute approximate surface area is 108 Å². The summed E-state index contributed by atoms with van der Waals surface area (Å²) in [5.74, 6) is -2.10. The number of benzene rings is 1. The van der Waals surface area contributed by atoms with Crippen LogP contribution in [0.5, 0.6) is 5.75 Å². The van der Waals surface area contributed by atoms with Crippen LogP contribution in [0.3, 0.4) is 0 Å². The monoisotopic (exact) mass is 269 g/mol. The van der Waals surface area contributed by atoms with E-state index in [0.29, 0.717) is 5.69 Å². The van der Waals surface area contributed by atoms with Crippen molar-refractivity contribution >= 4 is 17.0 Å². The van der Waals surface area contributed by atoms with Crippen molar-refractivity contribution in [2.45, 2.75) is 13.8 Å². The highest BCUT2D eigenvalue weighted by Crippen LogP contribution is 2.32. The van der Waals surface area contributed by atoms with Crippen molar-refractivity contribution in [1.82, 2.24) is 4.57 Å². The molecule has 0 N–H and O–H groups in total. The second kappa shape index (κ2) is 4.87. The fraction of sp³-hybridized carbons (Fsp3) is 0.308. The minimum Gasteiger partial charge on any atom is -0.488 e. The molecule has 0 aliphatic carbocycles. The normalized spacial score (nSPS) is 10.8. The summed E-state index contributed by atoms with van der Waals surface area (Å²) in [6.07, 6.45) is -0.699. The van der Waals surface area contributed by atoms with Gasteiger partial charge in [0, 0.05) is 17.1 Å². The zero-order valence-electron chi connectivity index (χ0n) is 10.8. The Morgan fingerprint density at radius 3 is 2.63 bits per heavy atom. The van der Waals surface area contributed by atoms with Crippen LogP contribution in [0, 0.1) is 18.6 Å². The van der Waals surface area contributed by atoms with Crippen LogP contribution in [-0.2, 0) is 4.74 Å². The van der Waals surface area contributed by atoms with Gasteiger partial charge >= 0.3 is 6.09 Å². The van der Waals surface area contributed by atoms with Gasteiger partial charge in [-0.15, -0.1) is 0 Å². The van der Waals surface area contributed by atoms with Gasteiger partial charge in [-0.3, -0.25) is 0 Å². The van der Waals surface area contributed by atoms with Gasteiger partial charge in [0.15, 0.2) is 17.4 Å². The summed E-state index contributed by atoms with van der Waals surface area (Å²) >= 11 is 0. The van der Waals surface area contributed by atoms with Crippen molar-refractivity contribution < 1.29 is 23.0 Å². The van der Waals surface area contributed by atoms with E-state index in [4.69, 9.17) is 4.74 Å². The number of fused-ring (bicyclic) bond motifs is 1. The summed E-state index contributed by atoms with van der Waals surface area (Å²) in [7, 11) is 1.20. The van der Waals surface area contributed by atoms with Gasteiger partial charge in [0.1, 0.15) is 0 Å². The summed E-state index contributed by atoms with van der Waals surface area (Å²) in [6, 6.07) is 2.51. The van der Waals surface area contributed by atoms with Crippen molar-refractivity contribution in [3.05, 3.63) is 29.5 Å².